The molecule has 1 N–H and O–H groups in total. The first-order valence-electron chi connectivity index (χ1n) is 8.11. The second kappa shape index (κ2) is 6.76. The Labute approximate surface area is 134 Å². The average molecular weight is 320 g/mol. The van der Waals surface area contributed by atoms with Crippen molar-refractivity contribution < 1.29 is 19.1 Å². The molecule has 0 saturated carbocycles. The first-order valence-corrected chi connectivity index (χ1v) is 8.11. The van der Waals surface area contributed by atoms with E-state index >= 15 is 0 Å². The Hall–Kier alpha value is -1.79. The topological polar surface area (TPSA) is 60.9 Å². The van der Waals surface area contributed by atoms with Crippen LogP contribution < -0.4 is 4.90 Å². The van der Waals surface area contributed by atoms with Crippen molar-refractivity contribution in [3.05, 3.63) is 30.1 Å². The lowest BCUT2D eigenvalue weighted by atomic mass is 9.97. The van der Waals surface area contributed by atoms with E-state index in [0.717, 1.165) is 30.7 Å². The summed E-state index contributed by atoms with van der Waals surface area (Å²) in [7, 11) is 0. The predicted molar refractivity (Wildman–Crippen MR) is 83.3 cm³/mol. The van der Waals surface area contributed by atoms with Crippen molar-refractivity contribution in [2.75, 3.05) is 18.1 Å². The molecule has 0 aliphatic carbocycles. The van der Waals surface area contributed by atoms with E-state index in [1.165, 1.54) is 18.2 Å². The van der Waals surface area contributed by atoms with Crippen LogP contribution in [0.15, 0.2) is 24.3 Å². The molecule has 1 aromatic rings. The standard InChI is InChI=1S/C17H21FN2O3/c18-12-4-3-6-14(10-12)20-16(22)11-15(17(20)23)19-8-2-1-5-13(19)7-9-21/h3-4,6,10,13,15,21H,1-2,5,7-9,11H2. The normalized spacial score (nSPS) is 26.1. The first-order chi connectivity index (χ1) is 11.1. The lowest BCUT2D eigenvalue weighted by Gasteiger charge is -2.38. The highest BCUT2D eigenvalue weighted by molar-refractivity contribution is 6.22. The number of hydrogen-bond acceptors (Lipinski definition) is 4. The van der Waals surface area contributed by atoms with Crippen LogP contribution in [-0.4, -0.2) is 47.1 Å². The van der Waals surface area contributed by atoms with Gasteiger partial charge in [0.1, 0.15) is 5.82 Å². The van der Waals surface area contributed by atoms with Gasteiger partial charge in [0.2, 0.25) is 5.91 Å². The summed E-state index contributed by atoms with van der Waals surface area (Å²) in [5.74, 6) is -1.05. The Bertz CT molecular complexity index is 605. The maximum absolute atomic E-state index is 13.4. The van der Waals surface area contributed by atoms with Crippen LogP contribution in [0.5, 0.6) is 0 Å². The van der Waals surface area contributed by atoms with E-state index in [9.17, 15) is 19.1 Å². The van der Waals surface area contributed by atoms with Crippen LogP contribution in [0.3, 0.4) is 0 Å². The van der Waals surface area contributed by atoms with Crippen LogP contribution in [0.1, 0.15) is 32.1 Å². The van der Waals surface area contributed by atoms with E-state index < -0.39 is 11.9 Å². The van der Waals surface area contributed by atoms with Crippen LogP contribution in [0.2, 0.25) is 0 Å². The fourth-order valence-electron chi connectivity index (χ4n) is 3.65. The number of likely N-dealkylation sites (tertiary alicyclic amines) is 1. The van der Waals surface area contributed by atoms with E-state index in [4.69, 9.17) is 0 Å². The van der Waals surface area contributed by atoms with Gasteiger partial charge in [0.05, 0.1) is 18.2 Å². The van der Waals surface area contributed by atoms with Crippen LogP contribution in [0, 0.1) is 5.82 Å². The van der Waals surface area contributed by atoms with Crippen molar-refractivity contribution in [3.63, 3.8) is 0 Å². The van der Waals surface area contributed by atoms with Crippen LogP contribution >= 0.6 is 0 Å². The van der Waals surface area contributed by atoms with Gasteiger partial charge in [-0.15, -0.1) is 0 Å². The Morgan fingerprint density at radius 2 is 2.09 bits per heavy atom. The maximum atomic E-state index is 13.4. The molecule has 6 heteroatoms. The number of carbonyl (C=O) groups excluding carboxylic acids is 2. The van der Waals surface area contributed by atoms with Crippen molar-refractivity contribution in [2.24, 2.45) is 0 Å². The van der Waals surface area contributed by atoms with Crippen LogP contribution in [0.4, 0.5) is 10.1 Å². The number of aliphatic hydroxyl groups is 1. The number of anilines is 1. The fraction of sp³-hybridized carbons (Fsp3) is 0.529. The summed E-state index contributed by atoms with van der Waals surface area (Å²) >= 11 is 0. The Balaban J connectivity index is 1.83. The highest BCUT2D eigenvalue weighted by atomic mass is 19.1. The number of piperidine rings is 1. The zero-order chi connectivity index (χ0) is 16.4. The summed E-state index contributed by atoms with van der Waals surface area (Å²) in [6.45, 7) is 0.828. The van der Waals surface area contributed by atoms with E-state index in [2.05, 4.69) is 4.90 Å². The van der Waals surface area contributed by atoms with Gasteiger partial charge in [-0.2, -0.15) is 0 Å². The quantitative estimate of drug-likeness (QED) is 0.858. The molecule has 2 atom stereocenters. The number of imide groups is 1. The average Bonchev–Trinajstić information content (AvgIpc) is 2.83. The molecule has 5 nitrogen and oxygen atoms in total. The number of aliphatic hydroxyl groups excluding tert-OH is 1. The number of nitrogens with zero attached hydrogens (tertiary/aromatic N) is 2. The van der Waals surface area contributed by atoms with Gasteiger partial charge >= 0.3 is 0 Å². The molecule has 2 aliphatic heterocycles. The van der Waals surface area contributed by atoms with E-state index in [1.54, 1.807) is 6.07 Å². The van der Waals surface area contributed by atoms with Gasteiger partial charge in [0, 0.05) is 12.6 Å². The zero-order valence-corrected chi connectivity index (χ0v) is 12.9. The lowest BCUT2D eigenvalue weighted by molar-refractivity contribution is -0.123. The van der Waals surface area contributed by atoms with E-state index in [1.807, 2.05) is 0 Å². The van der Waals surface area contributed by atoms with Crippen molar-refractivity contribution in [3.8, 4) is 0 Å². The molecule has 1 aromatic carbocycles. The maximum Gasteiger partial charge on any atom is 0.251 e. The summed E-state index contributed by atoms with van der Waals surface area (Å²) < 4.78 is 13.4. The Morgan fingerprint density at radius 3 is 2.83 bits per heavy atom. The molecule has 2 unspecified atom stereocenters. The van der Waals surface area contributed by atoms with Gasteiger partial charge in [-0.05, 0) is 44.0 Å². The number of benzene rings is 1. The van der Waals surface area contributed by atoms with Gasteiger partial charge in [-0.1, -0.05) is 12.5 Å². The van der Waals surface area contributed by atoms with Crippen molar-refractivity contribution in [1.29, 1.82) is 0 Å². The SMILES string of the molecule is O=C1CC(N2CCCCC2CCO)C(=O)N1c1cccc(F)c1. The third kappa shape index (κ3) is 3.14. The minimum absolute atomic E-state index is 0.0730. The molecular weight excluding hydrogens is 299 g/mol. The zero-order valence-electron chi connectivity index (χ0n) is 12.9. The molecule has 124 valence electrons. The summed E-state index contributed by atoms with van der Waals surface area (Å²) in [5.41, 5.74) is 0.290. The highest BCUT2D eigenvalue weighted by Crippen LogP contribution is 2.30. The molecule has 2 aliphatic rings. The molecule has 0 aromatic heterocycles. The molecule has 2 amide bonds. The minimum Gasteiger partial charge on any atom is -0.396 e. The molecule has 23 heavy (non-hydrogen) atoms. The van der Waals surface area contributed by atoms with Crippen molar-refractivity contribution in [1.82, 2.24) is 4.90 Å². The molecule has 3 rings (SSSR count). The van der Waals surface area contributed by atoms with E-state index in [-0.39, 0.29) is 30.9 Å². The van der Waals surface area contributed by atoms with Gasteiger partial charge in [0.25, 0.3) is 5.91 Å². The smallest absolute Gasteiger partial charge is 0.251 e. The van der Waals surface area contributed by atoms with Crippen molar-refractivity contribution >= 4 is 17.5 Å². The highest BCUT2D eigenvalue weighted by Gasteiger charge is 2.44. The van der Waals surface area contributed by atoms with E-state index in [0.29, 0.717) is 12.1 Å². The molecule has 2 saturated heterocycles. The number of carbonyl (C=O) groups is 2. The van der Waals surface area contributed by atoms with Gasteiger partial charge in [-0.3, -0.25) is 14.5 Å². The molecule has 0 spiro atoms. The van der Waals surface area contributed by atoms with Gasteiger partial charge < -0.3 is 5.11 Å². The van der Waals surface area contributed by atoms with Gasteiger partial charge in [-0.25, -0.2) is 9.29 Å². The number of halogens is 1. The van der Waals surface area contributed by atoms with Crippen LogP contribution in [-0.2, 0) is 9.59 Å². The summed E-state index contributed by atoms with van der Waals surface area (Å²) in [6.07, 6.45) is 3.72. The summed E-state index contributed by atoms with van der Waals surface area (Å²) in [4.78, 5) is 28.2. The number of rotatable bonds is 4. The molecule has 0 bridgehead atoms. The minimum atomic E-state index is -0.498. The van der Waals surface area contributed by atoms with Crippen molar-refractivity contribution in [2.45, 2.75) is 44.2 Å². The van der Waals surface area contributed by atoms with Crippen LogP contribution in [0.25, 0.3) is 0 Å². The molecular formula is C17H21FN2O3. The molecule has 2 heterocycles. The third-order valence-electron chi connectivity index (χ3n) is 4.72. The molecule has 0 radical (unpaired) electrons. The second-order valence-electron chi connectivity index (χ2n) is 6.17. The molecule has 2 fully saturated rings. The Morgan fingerprint density at radius 1 is 1.26 bits per heavy atom. The largest absolute Gasteiger partial charge is 0.396 e. The monoisotopic (exact) mass is 320 g/mol. The Kier molecular flexibility index (Phi) is 4.73. The number of hydrogen-bond donors (Lipinski definition) is 1. The lowest BCUT2D eigenvalue weighted by Crippen LogP contribution is -2.50. The predicted octanol–water partition coefficient (Wildman–Crippen LogP) is 1.69. The van der Waals surface area contributed by atoms with Gasteiger partial charge in [0.15, 0.2) is 0 Å². The summed E-state index contributed by atoms with van der Waals surface area (Å²) in [6, 6.07) is 5.19. The number of amides is 2. The third-order valence-corrected chi connectivity index (χ3v) is 4.72. The second-order valence-corrected chi connectivity index (χ2v) is 6.17. The summed E-state index contributed by atoms with van der Waals surface area (Å²) in [5, 5.41) is 9.23. The first kappa shape index (κ1) is 16.1. The fourth-order valence-corrected chi connectivity index (χ4v) is 3.65.